The van der Waals surface area contributed by atoms with E-state index in [0.29, 0.717) is 6.54 Å². The molecule has 0 radical (unpaired) electrons. The number of nitrogens with zero attached hydrogens (tertiary/aromatic N) is 1. The van der Waals surface area contributed by atoms with Gasteiger partial charge in [-0.1, -0.05) is 6.07 Å². The highest BCUT2D eigenvalue weighted by atomic mass is 32.1. The van der Waals surface area contributed by atoms with Crippen LogP contribution in [0.2, 0.25) is 0 Å². The van der Waals surface area contributed by atoms with Crippen LogP contribution in [-0.4, -0.2) is 24.0 Å². The molecule has 0 aliphatic carbocycles. The summed E-state index contributed by atoms with van der Waals surface area (Å²) in [6.07, 6.45) is 3.38. The first-order valence-corrected chi connectivity index (χ1v) is 7.59. The van der Waals surface area contributed by atoms with Crippen LogP contribution in [0.25, 0.3) is 0 Å². The normalized spacial score (nSPS) is 12.1. The van der Waals surface area contributed by atoms with Crippen molar-refractivity contribution in [3.05, 3.63) is 46.5 Å². The van der Waals surface area contributed by atoms with E-state index in [1.807, 2.05) is 43.6 Å². The van der Waals surface area contributed by atoms with Crippen molar-refractivity contribution in [1.29, 1.82) is 0 Å². The summed E-state index contributed by atoms with van der Waals surface area (Å²) in [6, 6.07) is 7.96. The molecule has 2 amide bonds. The van der Waals surface area contributed by atoms with E-state index in [0.717, 1.165) is 18.6 Å². The summed E-state index contributed by atoms with van der Waals surface area (Å²) in [7, 11) is 1.81. The number of urea groups is 1. The summed E-state index contributed by atoms with van der Waals surface area (Å²) in [4.78, 5) is 14.9. The van der Waals surface area contributed by atoms with Crippen LogP contribution in [-0.2, 0) is 13.0 Å². The van der Waals surface area contributed by atoms with Crippen LogP contribution in [0.4, 0.5) is 4.79 Å². The summed E-state index contributed by atoms with van der Waals surface area (Å²) in [5.74, 6) is 0.957. The van der Waals surface area contributed by atoms with Crippen LogP contribution in [0.15, 0.2) is 40.3 Å². The van der Waals surface area contributed by atoms with E-state index < -0.39 is 0 Å². The third-order valence-corrected chi connectivity index (χ3v) is 3.95. The van der Waals surface area contributed by atoms with Gasteiger partial charge in [0.15, 0.2) is 0 Å². The monoisotopic (exact) mass is 292 g/mol. The molecule has 1 atom stereocenters. The maximum Gasteiger partial charge on any atom is 0.317 e. The van der Waals surface area contributed by atoms with Crippen LogP contribution < -0.4 is 5.32 Å². The predicted molar refractivity (Wildman–Crippen MR) is 80.8 cm³/mol. The number of rotatable bonds is 6. The number of amides is 2. The number of nitrogens with one attached hydrogen (secondary N) is 1. The summed E-state index contributed by atoms with van der Waals surface area (Å²) in [5.41, 5.74) is 0. The van der Waals surface area contributed by atoms with Gasteiger partial charge in [-0.05, 0) is 36.9 Å². The maximum absolute atomic E-state index is 12.0. The Hall–Kier alpha value is -1.75. The average Bonchev–Trinajstić information content (AvgIpc) is 3.09. The molecule has 0 fully saturated rings. The molecule has 108 valence electrons. The number of carbonyl (C=O) groups excluding carboxylic acids is 1. The van der Waals surface area contributed by atoms with Crippen molar-refractivity contribution < 1.29 is 9.21 Å². The molecule has 1 unspecified atom stereocenters. The van der Waals surface area contributed by atoms with E-state index in [4.69, 9.17) is 4.42 Å². The van der Waals surface area contributed by atoms with Gasteiger partial charge in [-0.2, -0.15) is 0 Å². The van der Waals surface area contributed by atoms with Gasteiger partial charge in [0.2, 0.25) is 0 Å². The lowest BCUT2D eigenvalue weighted by atomic mass is 10.1. The van der Waals surface area contributed by atoms with Crippen molar-refractivity contribution in [2.24, 2.45) is 0 Å². The molecule has 1 N–H and O–H groups in total. The Kier molecular flexibility index (Phi) is 5.24. The lowest BCUT2D eigenvalue weighted by molar-refractivity contribution is 0.203. The van der Waals surface area contributed by atoms with Gasteiger partial charge >= 0.3 is 6.03 Å². The van der Waals surface area contributed by atoms with E-state index in [9.17, 15) is 4.79 Å². The maximum atomic E-state index is 12.0. The standard InChI is InChI=1S/C15H20N2O2S/c1-12(7-8-13-5-3-9-19-13)16-15(18)17(2)11-14-6-4-10-20-14/h3-6,9-10,12H,7-8,11H2,1-2H3,(H,16,18). The Morgan fingerprint density at radius 3 is 2.95 bits per heavy atom. The fourth-order valence-electron chi connectivity index (χ4n) is 1.91. The van der Waals surface area contributed by atoms with E-state index in [1.165, 1.54) is 4.88 Å². The highest BCUT2D eigenvalue weighted by Crippen LogP contribution is 2.11. The minimum absolute atomic E-state index is 0.0367. The van der Waals surface area contributed by atoms with Gasteiger partial charge in [0, 0.05) is 24.4 Å². The van der Waals surface area contributed by atoms with Gasteiger partial charge in [-0.3, -0.25) is 0 Å². The third-order valence-electron chi connectivity index (χ3n) is 3.09. The average molecular weight is 292 g/mol. The Balaban J connectivity index is 1.72. The lowest BCUT2D eigenvalue weighted by Crippen LogP contribution is -2.41. The molecule has 20 heavy (non-hydrogen) atoms. The van der Waals surface area contributed by atoms with Crippen LogP contribution in [0.3, 0.4) is 0 Å². The fourth-order valence-corrected chi connectivity index (χ4v) is 2.67. The van der Waals surface area contributed by atoms with Crippen molar-refractivity contribution in [2.75, 3.05) is 7.05 Å². The summed E-state index contributed by atoms with van der Waals surface area (Å²) in [5, 5.41) is 5.03. The first-order valence-electron chi connectivity index (χ1n) is 6.71. The molecule has 0 aromatic carbocycles. The zero-order valence-corrected chi connectivity index (χ0v) is 12.7. The number of hydrogen-bond donors (Lipinski definition) is 1. The zero-order chi connectivity index (χ0) is 14.4. The van der Waals surface area contributed by atoms with E-state index in [-0.39, 0.29) is 12.1 Å². The van der Waals surface area contributed by atoms with Crippen molar-refractivity contribution in [1.82, 2.24) is 10.2 Å². The van der Waals surface area contributed by atoms with Crippen LogP contribution in [0, 0.1) is 0 Å². The largest absolute Gasteiger partial charge is 0.469 e. The Morgan fingerprint density at radius 2 is 2.30 bits per heavy atom. The number of hydrogen-bond acceptors (Lipinski definition) is 3. The molecule has 5 heteroatoms. The van der Waals surface area contributed by atoms with Gasteiger partial charge in [0.05, 0.1) is 12.8 Å². The highest BCUT2D eigenvalue weighted by molar-refractivity contribution is 7.09. The van der Waals surface area contributed by atoms with E-state index >= 15 is 0 Å². The van der Waals surface area contributed by atoms with Crippen LogP contribution >= 0.6 is 11.3 Å². The number of carbonyl (C=O) groups is 1. The molecule has 0 bridgehead atoms. The molecule has 0 aliphatic heterocycles. The van der Waals surface area contributed by atoms with Crippen LogP contribution in [0.1, 0.15) is 24.0 Å². The third kappa shape index (κ3) is 4.42. The van der Waals surface area contributed by atoms with Gasteiger partial charge in [-0.25, -0.2) is 4.79 Å². The molecule has 2 aromatic heterocycles. The second-order valence-electron chi connectivity index (χ2n) is 4.90. The second-order valence-corrected chi connectivity index (χ2v) is 5.94. The fraction of sp³-hybridized carbons (Fsp3) is 0.400. The van der Waals surface area contributed by atoms with E-state index in [1.54, 1.807) is 22.5 Å². The minimum atomic E-state index is -0.0367. The minimum Gasteiger partial charge on any atom is -0.469 e. The summed E-state index contributed by atoms with van der Waals surface area (Å²) in [6.45, 7) is 2.66. The molecular weight excluding hydrogens is 272 g/mol. The van der Waals surface area contributed by atoms with Crippen molar-refractivity contribution in [3.63, 3.8) is 0 Å². The van der Waals surface area contributed by atoms with Crippen LogP contribution in [0.5, 0.6) is 0 Å². The van der Waals surface area contributed by atoms with Gasteiger partial charge < -0.3 is 14.6 Å². The Morgan fingerprint density at radius 1 is 1.45 bits per heavy atom. The van der Waals surface area contributed by atoms with Gasteiger partial charge in [0.25, 0.3) is 0 Å². The van der Waals surface area contributed by atoms with E-state index in [2.05, 4.69) is 5.32 Å². The molecule has 4 nitrogen and oxygen atoms in total. The first-order chi connectivity index (χ1) is 9.65. The summed E-state index contributed by atoms with van der Waals surface area (Å²) < 4.78 is 5.28. The van der Waals surface area contributed by atoms with Crippen molar-refractivity contribution in [3.8, 4) is 0 Å². The molecule has 0 saturated carbocycles. The quantitative estimate of drug-likeness (QED) is 0.885. The molecular formula is C15H20N2O2S. The zero-order valence-electron chi connectivity index (χ0n) is 11.8. The first kappa shape index (κ1) is 14.7. The number of aryl methyl sites for hydroxylation is 1. The smallest absolute Gasteiger partial charge is 0.317 e. The molecule has 2 aromatic rings. The molecule has 0 saturated heterocycles. The Labute approximate surface area is 123 Å². The van der Waals surface area contributed by atoms with Gasteiger partial charge in [0.1, 0.15) is 5.76 Å². The highest BCUT2D eigenvalue weighted by Gasteiger charge is 2.13. The predicted octanol–water partition coefficient (Wildman–Crippen LogP) is 3.50. The topological polar surface area (TPSA) is 45.5 Å². The number of furan rings is 1. The molecule has 2 rings (SSSR count). The van der Waals surface area contributed by atoms with Crippen molar-refractivity contribution >= 4 is 17.4 Å². The summed E-state index contributed by atoms with van der Waals surface area (Å²) >= 11 is 1.66. The van der Waals surface area contributed by atoms with Crippen molar-refractivity contribution in [2.45, 2.75) is 32.4 Å². The Bertz CT molecular complexity index is 508. The molecule has 2 heterocycles. The SMILES string of the molecule is CC(CCc1ccco1)NC(=O)N(C)Cc1cccs1. The van der Waals surface area contributed by atoms with Gasteiger partial charge in [-0.15, -0.1) is 11.3 Å². The number of thiophene rings is 1. The second kappa shape index (κ2) is 7.14. The lowest BCUT2D eigenvalue weighted by Gasteiger charge is -2.20. The molecule has 0 spiro atoms. The molecule has 0 aliphatic rings.